The van der Waals surface area contributed by atoms with E-state index in [0.29, 0.717) is 12.0 Å². The van der Waals surface area contributed by atoms with E-state index in [1.807, 2.05) is 66.7 Å². The second-order valence-corrected chi connectivity index (χ2v) is 6.23. The minimum absolute atomic E-state index is 0.340. The van der Waals surface area contributed by atoms with Gasteiger partial charge in [-0.15, -0.1) is 0 Å². The number of hydrogen-bond donors (Lipinski definition) is 1. The highest BCUT2D eigenvalue weighted by atomic mass is 16.5. The van der Waals surface area contributed by atoms with Crippen LogP contribution >= 0.6 is 0 Å². The van der Waals surface area contributed by atoms with Crippen molar-refractivity contribution in [2.45, 2.75) is 12.5 Å². The van der Waals surface area contributed by atoms with Gasteiger partial charge in [0, 0.05) is 12.7 Å². The molecule has 25 heavy (non-hydrogen) atoms. The molecule has 0 heterocycles. The molecule has 0 radical (unpaired) electrons. The summed E-state index contributed by atoms with van der Waals surface area (Å²) in [5.74, 6) is -0.905. The molecule has 4 rings (SSSR count). The molecule has 124 valence electrons. The van der Waals surface area contributed by atoms with Gasteiger partial charge in [-0.2, -0.15) is 0 Å². The Labute approximate surface area is 146 Å². The van der Waals surface area contributed by atoms with Crippen molar-refractivity contribution in [3.63, 3.8) is 0 Å². The molecule has 1 unspecified atom stereocenters. The van der Waals surface area contributed by atoms with E-state index in [1.165, 1.54) is 0 Å². The number of aromatic carboxylic acids is 1. The molecule has 0 amide bonds. The zero-order valence-electron chi connectivity index (χ0n) is 13.9. The van der Waals surface area contributed by atoms with Gasteiger partial charge in [-0.25, -0.2) is 4.79 Å². The Morgan fingerprint density at radius 1 is 0.960 bits per heavy atom. The van der Waals surface area contributed by atoms with Crippen LogP contribution < -0.4 is 0 Å². The average Bonchev–Trinajstić information content (AvgIpc) is 2.95. The van der Waals surface area contributed by atoms with E-state index in [-0.39, 0.29) is 6.10 Å². The highest BCUT2D eigenvalue weighted by Crippen LogP contribution is 2.47. The van der Waals surface area contributed by atoms with Gasteiger partial charge in [0.1, 0.15) is 6.10 Å². The molecule has 0 aliphatic heterocycles. The van der Waals surface area contributed by atoms with Gasteiger partial charge in [-0.3, -0.25) is 0 Å². The fourth-order valence-electron chi connectivity index (χ4n) is 3.76. The number of ether oxygens (including phenoxy) is 1. The van der Waals surface area contributed by atoms with E-state index in [1.54, 1.807) is 7.11 Å². The standard InChI is InChI=1S/C22H18O3/c1-25-21-18-10-6-5-9-16(18)17-12-11-15(19(20(17)21)22(23)24)13-14-7-3-2-4-8-14/h2-12,21H,13H2,1H3,(H,23,24). The lowest BCUT2D eigenvalue weighted by molar-refractivity contribution is 0.0687. The summed E-state index contributed by atoms with van der Waals surface area (Å²) in [5.41, 5.74) is 6.07. The molecule has 0 spiro atoms. The molecule has 3 aromatic carbocycles. The highest BCUT2D eigenvalue weighted by Gasteiger charge is 2.34. The van der Waals surface area contributed by atoms with Gasteiger partial charge in [0.25, 0.3) is 0 Å². The Balaban J connectivity index is 1.91. The molecular formula is C22H18O3. The number of rotatable bonds is 4. The Morgan fingerprint density at radius 2 is 1.68 bits per heavy atom. The van der Waals surface area contributed by atoms with Crippen molar-refractivity contribution in [3.8, 4) is 11.1 Å². The van der Waals surface area contributed by atoms with Crippen LogP contribution in [0.5, 0.6) is 0 Å². The number of carboxylic acids is 1. The molecular weight excluding hydrogens is 312 g/mol. The monoisotopic (exact) mass is 330 g/mol. The average molecular weight is 330 g/mol. The third-order valence-corrected chi connectivity index (χ3v) is 4.81. The Hall–Kier alpha value is -2.91. The zero-order chi connectivity index (χ0) is 17.4. The summed E-state index contributed by atoms with van der Waals surface area (Å²) in [6.45, 7) is 0. The molecule has 0 fully saturated rings. The largest absolute Gasteiger partial charge is 0.478 e. The Kier molecular flexibility index (Phi) is 3.86. The molecule has 1 aliphatic rings. The number of methoxy groups -OCH3 is 1. The summed E-state index contributed by atoms with van der Waals surface area (Å²) in [7, 11) is 1.63. The van der Waals surface area contributed by atoms with Gasteiger partial charge in [0.2, 0.25) is 0 Å². The number of fused-ring (bicyclic) bond motifs is 3. The lowest BCUT2D eigenvalue weighted by atomic mass is 9.91. The predicted molar refractivity (Wildman–Crippen MR) is 96.9 cm³/mol. The summed E-state index contributed by atoms with van der Waals surface area (Å²) in [6.07, 6.45) is 0.246. The SMILES string of the molecule is COC1c2ccccc2-c2ccc(Cc3ccccc3)c(C(=O)O)c21. The summed E-state index contributed by atoms with van der Waals surface area (Å²) >= 11 is 0. The van der Waals surface area contributed by atoms with Crippen LogP contribution in [-0.2, 0) is 11.2 Å². The zero-order valence-corrected chi connectivity index (χ0v) is 13.9. The maximum absolute atomic E-state index is 12.1. The maximum atomic E-state index is 12.1. The minimum Gasteiger partial charge on any atom is -0.478 e. The molecule has 0 bridgehead atoms. The van der Waals surface area contributed by atoms with E-state index in [9.17, 15) is 9.90 Å². The molecule has 3 aromatic rings. The van der Waals surface area contributed by atoms with E-state index < -0.39 is 5.97 Å². The van der Waals surface area contributed by atoms with E-state index >= 15 is 0 Å². The van der Waals surface area contributed by atoms with Crippen LogP contribution in [0.25, 0.3) is 11.1 Å². The smallest absolute Gasteiger partial charge is 0.336 e. The molecule has 0 saturated carbocycles. The number of carbonyl (C=O) groups is 1. The molecule has 1 atom stereocenters. The van der Waals surface area contributed by atoms with Gasteiger partial charge in [-0.1, -0.05) is 66.7 Å². The van der Waals surface area contributed by atoms with Crippen molar-refractivity contribution in [1.29, 1.82) is 0 Å². The van der Waals surface area contributed by atoms with Crippen molar-refractivity contribution in [2.75, 3.05) is 7.11 Å². The predicted octanol–water partition coefficient (Wildman–Crippen LogP) is 4.69. The normalized spacial score (nSPS) is 14.8. The number of hydrogen-bond acceptors (Lipinski definition) is 2. The van der Waals surface area contributed by atoms with Crippen molar-refractivity contribution < 1.29 is 14.6 Å². The fraction of sp³-hybridized carbons (Fsp3) is 0.136. The fourth-order valence-corrected chi connectivity index (χ4v) is 3.76. The first kappa shape index (κ1) is 15.6. The molecule has 3 nitrogen and oxygen atoms in total. The first-order valence-corrected chi connectivity index (χ1v) is 8.25. The molecule has 1 N–H and O–H groups in total. The third kappa shape index (κ3) is 2.53. The first-order valence-electron chi connectivity index (χ1n) is 8.25. The van der Waals surface area contributed by atoms with Crippen LogP contribution in [0, 0.1) is 0 Å². The van der Waals surface area contributed by atoms with Crippen molar-refractivity contribution in [1.82, 2.24) is 0 Å². The summed E-state index contributed by atoms with van der Waals surface area (Å²) in [5, 5.41) is 9.94. The maximum Gasteiger partial charge on any atom is 0.336 e. The van der Waals surface area contributed by atoms with E-state index in [4.69, 9.17) is 4.74 Å². The van der Waals surface area contributed by atoms with Crippen LogP contribution in [0.15, 0.2) is 66.7 Å². The minimum atomic E-state index is -0.905. The molecule has 0 saturated heterocycles. The lowest BCUT2D eigenvalue weighted by Gasteiger charge is -2.17. The molecule has 1 aliphatic carbocycles. The van der Waals surface area contributed by atoms with Crippen LogP contribution in [0.4, 0.5) is 0 Å². The Bertz CT molecular complexity index is 945. The second kappa shape index (κ2) is 6.19. The summed E-state index contributed by atoms with van der Waals surface area (Å²) in [4.78, 5) is 12.1. The summed E-state index contributed by atoms with van der Waals surface area (Å²) in [6, 6.07) is 21.9. The van der Waals surface area contributed by atoms with Crippen molar-refractivity contribution >= 4 is 5.97 Å². The van der Waals surface area contributed by atoms with Crippen molar-refractivity contribution in [3.05, 3.63) is 94.5 Å². The molecule has 3 heteroatoms. The van der Waals surface area contributed by atoms with Gasteiger partial charge in [0.05, 0.1) is 5.56 Å². The lowest BCUT2D eigenvalue weighted by Crippen LogP contribution is -2.11. The van der Waals surface area contributed by atoms with Crippen LogP contribution in [-0.4, -0.2) is 18.2 Å². The van der Waals surface area contributed by atoms with E-state index in [0.717, 1.165) is 33.4 Å². The van der Waals surface area contributed by atoms with Crippen LogP contribution in [0.1, 0.15) is 38.7 Å². The Morgan fingerprint density at radius 3 is 2.40 bits per heavy atom. The highest BCUT2D eigenvalue weighted by molar-refractivity contribution is 5.96. The summed E-state index contributed by atoms with van der Waals surface area (Å²) < 4.78 is 5.70. The number of carboxylic acid groups (broad SMARTS) is 1. The van der Waals surface area contributed by atoms with Crippen molar-refractivity contribution in [2.24, 2.45) is 0 Å². The molecule has 0 aromatic heterocycles. The van der Waals surface area contributed by atoms with Gasteiger partial charge in [-0.05, 0) is 34.2 Å². The number of benzene rings is 3. The quantitative estimate of drug-likeness (QED) is 0.755. The topological polar surface area (TPSA) is 46.5 Å². The first-order chi connectivity index (χ1) is 12.2. The van der Waals surface area contributed by atoms with E-state index in [2.05, 4.69) is 0 Å². The van der Waals surface area contributed by atoms with Crippen LogP contribution in [0.3, 0.4) is 0 Å². The van der Waals surface area contributed by atoms with Gasteiger partial charge < -0.3 is 9.84 Å². The third-order valence-electron chi connectivity index (χ3n) is 4.81. The van der Waals surface area contributed by atoms with Gasteiger partial charge >= 0.3 is 5.97 Å². The van der Waals surface area contributed by atoms with Gasteiger partial charge in [0.15, 0.2) is 0 Å². The second-order valence-electron chi connectivity index (χ2n) is 6.23. The van der Waals surface area contributed by atoms with Crippen LogP contribution in [0.2, 0.25) is 0 Å².